The van der Waals surface area contributed by atoms with Gasteiger partial charge in [-0.1, -0.05) is 53.7 Å². The topological polar surface area (TPSA) is 99.8 Å². The molecule has 1 aliphatic rings. The lowest BCUT2D eigenvalue weighted by atomic mass is 9.75. The van der Waals surface area contributed by atoms with Crippen LogP contribution in [0.2, 0.25) is 18.1 Å². The number of benzene rings is 2. The molecule has 2 N–H and O–H groups in total. The molecule has 1 amide bonds. The summed E-state index contributed by atoms with van der Waals surface area (Å²) < 4.78 is 14.7. The molecule has 3 aromatic rings. The lowest BCUT2D eigenvalue weighted by Gasteiger charge is -2.46. The fourth-order valence-corrected chi connectivity index (χ4v) is 7.00. The highest BCUT2D eigenvalue weighted by molar-refractivity contribution is 6.74. The van der Waals surface area contributed by atoms with Crippen molar-refractivity contribution in [1.82, 2.24) is 9.47 Å². The molecule has 2 heterocycles. The van der Waals surface area contributed by atoms with E-state index in [1.807, 2.05) is 67.1 Å². The molecule has 2 atom stereocenters. The minimum Gasteiger partial charge on any atom is -0.544 e. The van der Waals surface area contributed by atoms with Crippen LogP contribution in [-0.4, -0.2) is 41.6 Å². The molecular formula is C36H50N4O4Si. The van der Waals surface area contributed by atoms with Crippen molar-refractivity contribution in [1.29, 1.82) is 5.26 Å². The molecule has 45 heavy (non-hydrogen) atoms. The average Bonchev–Trinajstić information content (AvgIpc) is 3.23. The van der Waals surface area contributed by atoms with Gasteiger partial charge in [-0.3, -0.25) is 4.90 Å². The zero-order valence-electron chi connectivity index (χ0n) is 28.6. The first-order valence-electron chi connectivity index (χ1n) is 15.8. The van der Waals surface area contributed by atoms with E-state index in [4.69, 9.17) is 9.16 Å². The van der Waals surface area contributed by atoms with Crippen molar-refractivity contribution < 1.29 is 19.1 Å². The van der Waals surface area contributed by atoms with Gasteiger partial charge in [-0.2, -0.15) is 5.26 Å². The Morgan fingerprint density at radius 1 is 1.11 bits per heavy atom. The zero-order valence-corrected chi connectivity index (χ0v) is 29.6. The summed E-state index contributed by atoms with van der Waals surface area (Å²) in [4.78, 5) is 13.8. The molecule has 0 fully saturated rings. The number of aromatic nitrogens is 1. The highest BCUT2D eigenvalue weighted by Gasteiger charge is 2.43. The molecule has 2 aromatic carbocycles. The van der Waals surface area contributed by atoms with Gasteiger partial charge in [0, 0.05) is 30.0 Å². The van der Waals surface area contributed by atoms with Crippen LogP contribution in [0.3, 0.4) is 0 Å². The van der Waals surface area contributed by atoms with Crippen LogP contribution in [0.25, 0.3) is 0 Å². The maximum Gasteiger partial charge on any atom is 0.408 e. The van der Waals surface area contributed by atoms with Gasteiger partial charge in [-0.25, -0.2) is 4.79 Å². The molecule has 1 aromatic heterocycles. The summed E-state index contributed by atoms with van der Waals surface area (Å²) in [5, 5.41) is 23.4. The number of carboxylic acid groups (broad SMARTS) is 1. The van der Waals surface area contributed by atoms with Crippen LogP contribution in [0, 0.1) is 16.7 Å². The van der Waals surface area contributed by atoms with Crippen molar-refractivity contribution in [2.75, 3.05) is 11.9 Å². The first-order chi connectivity index (χ1) is 20.9. The molecule has 0 aliphatic carbocycles. The van der Waals surface area contributed by atoms with Crippen molar-refractivity contribution in [3.05, 3.63) is 71.0 Å². The van der Waals surface area contributed by atoms with Gasteiger partial charge < -0.3 is 24.2 Å². The minimum absolute atomic E-state index is 0.120. The maximum absolute atomic E-state index is 12.2. The lowest BCUT2D eigenvalue weighted by molar-refractivity contribution is 0.0494. The second-order valence-corrected chi connectivity index (χ2v) is 19.6. The zero-order chi connectivity index (χ0) is 33.3. The summed E-state index contributed by atoms with van der Waals surface area (Å²) in [6.45, 7) is 19.9. The Hall–Kier alpha value is -3.90. The Morgan fingerprint density at radius 2 is 1.78 bits per heavy atom. The van der Waals surface area contributed by atoms with Crippen LogP contribution in [0.5, 0.6) is 11.5 Å². The number of nitrogens with one attached hydrogen (secondary N) is 1. The van der Waals surface area contributed by atoms with Gasteiger partial charge in [-0.05, 0) is 91.7 Å². The van der Waals surface area contributed by atoms with E-state index in [9.17, 15) is 15.2 Å². The Morgan fingerprint density at radius 3 is 2.36 bits per heavy atom. The molecule has 0 spiro atoms. The second kappa shape index (κ2) is 12.8. The Labute approximate surface area is 270 Å². The van der Waals surface area contributed by atoms with E-state index in [-0.39, 0.29) is 22.5 Å². The van der Waals surface area contributed by atoms with Gasteiger partial charge in [0.15, 0.2) is 0 Å². The van der Waals surface area contributed by atoms with Crippen molar-refractivity contribution in [3.63, 3.8) is 0 Å². The minimum atomic E-state index is -1.93. The lowest BCUT2D eigenvalue weighted by Crippen LogP contribution is -2.49. The van der Waals surface area contributed by atoms with Crippen LogP contribution >= 0.6 is 0 Å². The van der Waals surface area contributed by atoms with E-state index >= 15 is 0 Å². The number of rotatable bonds is 9. The summed E-state index contributed by atoms with van der Waals surface area (Å²) in [5.41, 5.74) is 5.30. The molecule has 8 nitrogen and oxygen atoms in total. The summed E-state index contributed by atoms with van der Waals surface area (Å²) in [6, 6.07) is 17.8. The van der Waals surface area contributed by atoms with Crippen molar-refractivity contribution in [2.24, 2.45) is 12.5 Å². The van der Waals surface area contributed by atoms with Crippen LogP contribution in [0.1, 0.15) is 83.4 Å². The third-order valence-electron chi connectivity index (χ3n) is 9.36. The Balaban J connectivity index is 1.46. The second-order valence-electron chi connectivity index (χ2n) is 14.9. The first-order valence-corrected chi connectivity index (χ1v) is 18.8. The smallest absolute Gasteiger partial charge is 0.408 e. The van der Waals surface area contributed by atoms with Crippen molar-refractivity contribution >= 4 is 25.8 Å². The molecule has 0 radical (unpaired) electrons. The number of hydrogen-bond donors (Lipinski definition) is 2. The normalized spacial score (nSPS) is 17.0. The van der Waals surface area contributed by atoms with E-state index in [1.54, 1.807) is 4.90 Å². The monoisotopic (exact) mass is 630 g/mol. The van der Waals surface area contributed by atoms with E-state index in [2.05, 4.69) is 66.0 Å². The van der Waals surface area contributed by atoms with Crippen LogP contribution in [0.15, 0.2) is 48.5 Å². The quantitative estimate of drug-likeness (QED) is 0.181. The predicted molar refractivity (Wildman–Crippen MR) is 183 cm³/mol. The number of anilines is 2. The third-order valence-corrected chi connectivity index (χ3v) is 13.7. The highest BCUT2D eigenvalue weighted by atomic mass is 28.4. The van der Waals surface area contributed by atoms with Gasteiger partial charge in [0.05, 0.1) is 18.3 Å². The number of nitriles is 1. The molecular weight excluding hydrogens is 581 g/mol. The van der Waals surface area contributed by atoms with Gasteiger partial charge in [0.1, 0.15) is 23.3 Å². The number of ether oxygens (including phenoxy) is 1. The third kappa shape index (κ3) is 7.33. The molecule has 0 saturated heterocycles. The summed E-state index contributed by atoms with van der Waals surface area (Å²) in [6.07, 6.45) is 1.19. The predicted octanol–water partition coefficient (Wildman–Crippen LogP) is 9.05. The van der Waals surface area contributed by atoms with Gasteiger partial charge in [0.25, 0.3) is 0 Å². The van der Waals surface area contributed by atoms with Gasteiger partial charge in [-0.15, -0.1) is 0 Å². The van der Waals surface area contributed by atoms with Gasteiger partial charge >= 0.3 is 6.09 Å². The summed E-state index contributed by atoms with van der Waals surface area (Å²) in [7, 11) is -0.00478. The van der Waals surface area contributed by atoms with Crippen LogP contribution < -0.4 is 14.5 Å². The highest BCUT2D eigenvalue weighted by Crippen LogP contribution is 2.46. The van der Waals surface area contributed by atoms with E-state index in [0.29, 0.717) is 18.7 Å². The van der Waals surface area contributed by atoms with Gasteiger partial charge in [0.2, 0.25) is 8.32 Å². The number of amides is 1. The number of fused-ring (bicyclic) bond motifs is 1. The molecule has 242 valence electrons. The number of carbonyl (C=O) groups is 1. The Bertz CT molecular complexity index is 1560. The standard InChI is InChI=1S/C36H50N4O4Si/c1-24-21-29-28(33(35(2,3)4)40(24)34(41)42)13-11-15-32(29)43-20-12-14-31-30(22-26(23-37)39(31)8)38-25-16-18-27(19-17-25)44-45(9,10)36(5,6)7/h11,13,15-19,22,24,33,38H,12,14,20-21H2,1-10H3,(H,41,42). The summed E-state index contributed by atoms with van der Waals surface area (Å²) in [5.74, 6) is 1.69. The Kier molecular flexibility index (Phi) is 9.69. The number of nitrogens with zero attached hydrogens (tertiary/aromatic N) is 3. The molecule has 4 rings (SSSR count). The fourth-order valence-electron chi connectivity index (χ4n) is 5.97. The average molecular weight is 631 g/mol. The van der Waals surface area contributed by atoms with E-state index in [1.165, 1.54) is 0 Å². The molecule has 1 aliphatic heterocycles. The van der Waals surface area contributed by atoms with E-state index < -0.39 is 14.4 Å². The van der Waals surface area contributed by atoms with Crippen molar-refractivity contribution in [2.45, 2.75) is 97.9 Å². The first kappa shape index (κ1) is 34.0. The summed E-state index contributed by atoms with van der Waals surface area (Å²) >= 11 is 0. The van der Waals surface area contributed by atoms with Crippen molar-refractivity contribution in [3.8, 4) is 17.6 Å². The van der Waals surface area contributed by atoms with Crippen LogP contribution in [-0.2, 0) is 19.9 Å². The van der Waals surface area contributed by atoms with E-state index in [0.717, 1.165) is 52.5 Å². The maximum atomic E-state index is 12.2. The molecule has 9 heteroatoms. The SMILES string of the molecule is CC1Cc2c(OCCCc3c(Nc4ccc(O[Si](C)(C)C(C)(C)C)cc4)cc(C#N)n3C)cccc2C(C(C)(C)C)N1C(=O)O. The molecule has 0 saturated carbocycles. The van der Waals surface area contributed by atoms with Crippen LogP contribution in [0.4, 0.5) is 16.2 Å². The molecule has 2 unspecified atom stereocenters. The molecule has 0 bridgehead atoms. The number of hydrogen-bond acceptors (Lipinski definition) is 5. The largest absolute Gasteiger partial charge is 0.544 e. The fraction of sp³-hybridized carbons (Fsp3) is 0.500.